The summed E-state index contributed by atoms with van der Waals surface area (Å²) in [6, 6.07) is 0. The van der Waals surface area contributed by atoms with Crippen LogP contribution in [0.1, 0.15) is 26.2 Å². The molecular formula is C8H13NO3. The highest BCUT2D eigenvalue weighted by atomic mass is 16.4. The molecule has 0 aliphatic carbocycles. The van der Waals surface area contributed by atoms with E-state index >= 15 is 0 Å². The molecule has 4 heteroatoms. The zero-order chi connectivity index (χ0) is 9.19. The summed E-state index contributed by atoms with van der Waals surface area (Å²) in [5.41, 5.74) is -1.13. The van der Waals surface area contributed by atoms with Crippen LogP contribution in [0, 0.1) is 5.41 Å². The third-order valence-corrected chi connectivity index (χ3v) is 2.36. The maximum atomic E-state index is 11.2. The number of aliphatic carboxylic acids is 1. The average molecular weight is 171 g/mol. The summed E-state index contributed by atoms with van der Waals surface area (Å²) in [7, 11) is 0. The van der Waals surface area contributed by atoms with Gasteiger partial charge < -0.3 is 10.4 Å². The normalized spacial score (nSPS) is 28.6. The van der Waals surface area contributed by atoms with Crippen LogP contribution in [0.25, 0.3) is 0 Å². The Morgan fingerprint density at radius 3 is 2.75 bits per heavy atom. The van der Waals surface area contributed by atoms with Crippen LogP contribution in [0.3, 0.4) is 0 Å². The molecule has 0 aromatic rings. The molecule has 1 atom stereocenters. The van der Waals surface area contributed by atoms with Crippen molar-refractivity contribution in [2.75, 3.05) is 6.54 Å². The fourth-order valence-corrected chi connectivity index (χ4v) is 1.65. The Kier molecular flexibility index (Phi) is 2.35. The number of carboxylic acids is 1. The van der Waals surface area contributed by atoms with E-state index in [1.807, 2.05) is 6.92 Å². The summed E-state index contributed by atoms with van der Waals surface area (Å²) >= 11 is 0. The summed E-state index contributed by atoms with van der Waals surface area (Å²) in [4.78, 5) is 22.1. The van der Waals surface area contributed by atoms with E-state index in [9.17, 15) is 9.59 Å². The monoisotopic (exact) mass is 171 g/mol. The van der Waals surface area contributed by atoms with Gasteiger partial charge in [-0.3, -0.25) is 9.59 Å². The van der Waals surface area contributed by atoms with Gasteiger partial charge in [-0.1, -0.05) is 13.3 Å². The Hall–Kier alpha value is -1.06. The van der Waals surface area contributed by atoms with Crippen LogP contribution in [0.4, 0.5) is 0 Å². The summed E-state index contributed by atoms with van der Waals surface area (Å²) in [6.45, 7) is 2.38. The molecule has 1 amide bonds. The number of hydrogen-bond acceptors (Lipinski definition) is 2. The van der Waals surface area contributed by atoms with Gasteiger partial charge in [0.2, 0.25) is 5.91 Å². The van der Waals surface area contributed by atoms with Crippen LogP contribution in [0.5, 0.6) is 0 Å². The summed E-state index contributed by atoms with van der Waals surface area (Å²) < 4.78 is 0. The Bertz CT molecular complexity index is 214. The largest absolute Gasteiger partial charge is 0.480 e. The molecule has 2 N–H and O–H groups in total. The highest BCUT2D eigenvalue weighted by Crippen LogP contribution is 2.32. The molecule has 1 aliphatic rings. The highest BCUT2D eigenvalue weighted by molar-refractivity contribution is 6.03. The maximum Gasteiger partial charge on any atom is 0.319 e. The smallest absolute Gasteiger partial charge is 0.319 e. The van der Waals surface area contributed by atoms with E-state index in [4.69, 9.17) is 5.11 Å². The van der Waals surface area contributed by atoms with Crippen LogP contribution in [-0.2, 0) is 9.59 Å². The molecule has 68 valence electrons. The zero-order valence-electron chi connectivity index (χ0n) is 7.09. The van der Waals surface area contributed by atoms with E-state index in [0.29, 0.717) is 19.4 Å². The van der Waals surface area contributed by atoms with Gasteiger partial charge in [-0.2, -0.15) is 0 Å². The molecule has 0 aromatic heterocycles. The highest BCUT2D eigenvalue weighted by Gasteiger charge is 2.48. The van der Waals surface area contributed by atoms with Crippen LogP contribution in [-0.4, -0.2) is 23.5 Å². The first kappa shape index (κ1) is 9.03. The van der Waals surface area contributed by atoms with Crippen molar-refractivity contribution >= 4 is 11.9 Å². The zero-order valence-corrected chi connectivity index (χ0v) is 7.09. The summed E-state index contributed by atoms with van der Waals surface area (Å²) in [5, 5.41) is 11.5. The van der Waals surface area contributed by atoms with Gasteiger partial charge in [-0.15, -0.1) is 0 Å². The lowest BCUT2D eigenvalue weighted by molar-refractivity contribution is -0.154. The van der Waals surface area contributed by atoms with E-state index < -0.39 is 11.4 Å². The van der Waals surface area contributed by atoms with Gasteiger partial charge in [0.1, 0.15) is 5.41 Å². The molecule has 0 bridgehead atoms. The van der Waals surface area contributed by atoms with Gasteiger partial charge in [-0.05, 0) is 12.8 Å². The van der Waals surface area contributed by atoms with Crippen LogP contribution < -0.4 is 5.32 Å². The van der Waals surface area contributed by atoms with Crippen molar-refractivity contribution in [3.63, 3.8) is 0 Å². The van der Waals surface area contributed by atoms with Gasteiger partial charge in [0.05, 0.1) is 0 Å². The molecule has 0 saturated carbocycles. The van der Waals surface area contributed by atoms with Gasteiger partial charge in [0, 0.05) is 6.54 Å². The first-order valence-corrected chi connectivity index (χ1v) is 4.15. The number of rotatable bonds is 3. The van der Waals surface area contributed by atoms with E-state index in [0.717, 1.165) is 6.42 Å². The molecule has 1 saturated heterocycles. The minimum atomic E-state index is -1.13. The number of hydrogen-bond donors (Lipinski definition) is 2. The van der Waals surface area contributed by atoms with E-state index in [1.165, 1.54) is 0 Å². The number of carboxylic acid groups (broad SMARTS) is 1. The Morgan fingerprint density at radius 2 is 2.42 bits per heavy atom. The van der Waals surface area contributed by atoms with Crippen molar-refractivity contribution in [1.82, 2.24) is 5.32 Å². The minimum absolute atomic E-state index is 0.322. The lowest BCUT2D eigenvalue weighted by Crippen LogP contribution is -2.38. The third-order valence-electron chi connectivity index (χ3n) is 2.36. The maximum absolute atomic E-state index is 11.2. The number of carbonyl (C=O) groups is 2. The van der Waals surface area contributed by atoms with Crippen LogP contribution in [0.15, 0.2) is 0 Å². The lowest BCUT2D eigenvalue weighted by atomic mass is 9.82. The van der Waals surface area contributed by atoms with Gasteiger partial charge in [0.15, 0.2) is 0 Å². The molecule has 1 rings (SSSR count). The van der Waals surface area contributed by atoms with Crippen molar-refractivity contribution in [2.45, 2.75) is 26.2 Å². The first-order chi connectivity index (χ1) is 5.63. The predicted octanol–water partition coefficient (Wildman–Crippen LogP) is 0.377. The standard InChI is InChI=1S/C8H13NO3/c1-2-3-8(7(11)12)4-5-9-6(8)10/h2-5H2,1H3,(H,9,10)(H,11,12)/t8-/m1/s1. The van der Waals surface area contributed by atoms with Crippen molar-refractivity contribution in [2.24, 2.45) is 5.41 Å². The van der Waals surface area contributed by atoms with Crippen molar-refractivity contribution in [3.8, 4) is 0 Å². The first-order valence-electron chi connectivity index (χ1n) is 4.15. The molecular weight excluding hydrogens is 158 g/mol. The van der Waals surface area contributed by atoms with Crippen LogP contribution in [0.2, 0.25) is 0 Å². The molecule has 1 heterocycles. The predicted molar refractivity (Wildman–Crippen MR) is 42.6 cm³/mol. The lowest BCUT2D eigenvalue weighted by Gasteiger charge is -2.19. The van der Waals surface area contributed by atoms with Crippen molar-refractivity contribution in [3.05, 3.63) is 0 Å². The minimum Gasteiger partial charge on any atom is -0.480 e. The number of amides is 1. The molecule has 1 aliphatic heterocycles. The molecule has 0 aromatic carbocycles. The van der Waals surface area contributed by atoms with Crippen molar-refractivity contribution < 1.29 is 14.7 Å². The van der Waals surface area contributed by atoms with Gasteiger partial charge in [0.25, 0.3) is 0 Å². The second-order valence-electron chi connectivity index (χ2n) is 3.14. The fraction of sp³-hybridized carbons (Fsp3) is 0.750. The van der Waals surface area contributed by atoms with E-state index in [-0.39, 0.29) is 5.91 Å². The molecule has 12 heavy (non-hydrogen) atoms. The fourth-order valence-electron chi connectivity index (χ4n) is 1.65. The Labute approximate surface area is 71.0 Å². The quantitative estimate of drug-likeness (QED) is 0.603. The topological polar surface area (TPSA) is 66.4 Å². The summed E-state index contributed by atoms with van der Waals surface area (Å²) in [6.07, 6.45) is 1.59. The molecule has 0 unspecified atom stereocenters. The second kappa shape index (κ2) is 3.13. The third kappa shape index (κ3) is 1.17. The molecule has 0 radical (unpaired) electrons. The SMILES string of the molecule is CCC[C@@]1(C(=O)O)CCNC1=O. The van der Waals surface area contributed by atoms with Crippen molar-refractivity contribution in [1.29, 1.82) is 0 Å². The van der Waals surface area contributed by atoms with Gasteiger partial charge >= 0.3 is 5.97 Å². The van der Waals surface area contributed by atoms with E-state index in [2.05, 4.69) is 5.32 Å². The molecule has 0 spiro atoms. The van der Waals surface area contributed by atoms with Gasteiger partial charge in [-0.25, -0.2) is 0 Å². The number of carbonyl (C=O) groups excluding carboxylic acids is 1. The number of nitrogens with one attached hydrogen (secondary N) is 1. The Balaban J connectivity index is 2.85. The molecule has 1 fully saturated rings. The second-order valence-corrected chi connectivity index (χ2v) is 3.14. The average Bonchev–Trinajstić information content (AvgIpc) is 2.34. The Morgan fingerprint density at radius 1 is 1.75 bits per heavy atom. The molecule has 4 nitrogen and oxygen atoms in total. The van der Waals surface area contributed by atoms with E-state index in [1.54, 1.807) is 0 Å². The van der Waals surface area contributed by atoms with Crippen LogP contribution >= 0.6 is 0 Å². The summed E-state index contributed by atoms with van der Waals surface area (Å²) in [5.74, 6) is -1.31.